The summed E-state index contributed by atoms with van der Waals surface area (Å²) < 4.78 is 0.792. The van der Waals surface area contributed by atoms with Crippen LogP contribution in [0.15, 0.2) is 18.2 Å². The lowest BCUT2D eigenvalue weighted by Crippen LogP contribution is -2.39. The lowest BCUT2D eigenvalue weighted by molar-refractivity contribution is -0.125. The third-order valence-corrected chi connectivity index (χ3v) is 3.30. The fourth-order valence-electron chi connectivity index (χ4n) is 1.48. The summed E-state index contributed by atoms with van der Waals surface area (Å²) in [7, 11) is 0. The fraction of sp³-hybridized carbons (Fsp3) is 0.182. The molecule has 0 aliphatic heterocycles. The fourth-order valence-corrected chi connectivity index (χ4v) is 2.25. The van der Waals surface area contributed by atoms with Gasteiger partial charge in [-0.15, -0.1) is 0 Å². The second-order valence-corrected chi connectivity index (χ2v) is 4.93. The van der Waals surface area contributed by atoms with Crippen LogP contribution in [0.25, 0.3) is 10.2 Å². The van der Waals surface area contributed by atoms with Crippen LogP contribution in [0, 0.1) is 0 Å². The summed E-state index contributed by atoms with van der Waals surface area (Å²) in [4.78, 5) is 26.5. The number of hydrogen-bond acceptors (Lipinski definition) is 6. The molecule has 19 heavy (non-hydrogen) atoms. The molecule has 0 bridgehead atoms. The van der Waals surface area contributed by atoms with Gasteiger partial charge in [0.1, 0.15) is 6.10 Å². The number of carbonyl (C=O) groups is 2. The van der Waals surface area contributed by atoms with E-state index in [1.54, 1.807) is 18.2 Å². The zero-order valence-corrected chi connectivity index (χ0v) is 10.6. The molecule has 100 valence electrons. The molecule has 6 N–H and O–H groups in total. The van der Waals surface area contributed by atoms with E-state index in [-0.39, 0.29) is 6.54 Å². The molecule has 0 spiro atoms. The molecular formula is C11H12N4O3S. The molecule has 0 aliphatic rings. The Bertz CT molecular complexity index is 640. The second-order valence-electron chi connectivity index (χ2n) is 3.86. The summed E-state index contributed by atoms with van der Waals surface area (Å²) in [6.07, 6.45) is -1.40. The van der Waals surface area contributed by atoms with Crippen LogP contribution in [-0.4, -0.2) is 34.6 Å². The van der Waals surface area contributed by atoms with Crippen molar-refractivity contribution in [3.63, 3.8) is 0 Å². The van der Waals surface area contributed by atoms with Crippen molar-refractivity contribution in [3.8, 4) is 0 Å². The topological polar surface area (TPSA) is 131 Å². The van der Waals surface area contributed by atoms with Gasteiger partial charge in [0.25, 0.3) is 5.91 Å². The number of primary amides is 1. The van der Waals surface area contributed by atoms with Gasteiger partial charge in [0, 0.05) is 5.56 Å². The van der Waals surface area contributed by atoms with Crippen molar-refractivity contribution < 1.29 is 14.7 Å². The SMILES string of the molecule is NC(=O)C(O)CNC(=O)c1ccc2nc(N)sc2c1. The summed E-state index contributed by atoms with van der Waals surface area (Å²) in [6, 6.07) is 4.92. The Balaban J connectivity index is 2.10. The summed E-state index contributed by atoms with van der Waals surface area (Å²) in [5.41, 5.74) is 11.6. The molecule has 2 amide bonds. The van der Waals surface area contributed by atoms with Crippen molar-refractivity contribution >= 4 is 38.5 Å². The van der Waals surface area contributed by atoms with Gasteiger partial charge in [-0.1, -0.05) is 11.3 Å². The number of anilines is 1. The molecule has 0 aliphatic carbocycles. The van der Waals surface area contributed by atoms with Crippen LogP contribution >= 0.6 is 11.3 Å². The van der Waals surface area contributed by atoms with E-state index in [2.05, 4.69) is 10.3 Å². The number of aliphatic hydroxyl groups is 1. The standard InChI is InChI=1S/C11H12N4O3S/c12-9(17)7(16)4-14-10(18)5-1-2-6-8(3-5)19-11(13)15-6/h1-3,7,16H,4H2,(H2,12,17)(H2,13,15)(H,14,18). The maximum absolute atomic E-state index is 11.8. The first-order chi connectivity index (χ1) is 8.97. The van der Waals surface area contributed by atoms with E-state index in [9.17, 15) is 14.7 Å². The van der Waals surface area contributed by atoms with Gasteiger partial charge in [-0.05, 0) is 18.2 Å². The van der Waals surface area contributed by atoms with E-state index in [1.807, 2.05) is 0 Å². The second kappa shape index (κ2) is 5.21. The van der Waals surface area contributed by atoms with Crippen LogP contribution in [-0.2, 0) is 4.79 Å². The summed E-state index contributed by atoms with van der Waals surface area (Å²) in [5, 5.41) is 12.0. The van der Waals surface area contributed by atoms with E-state index in [0.29, 0.717) is 10.7 Å². The lowest BCUT2D eigenvalue weighted by atomic mass is 10.2. The Morgan fingerprint density at radius 3 is 2.89 bits per heavy atom. The van der Waals surface area contributed by atoms with Gasteiger partial charge in [0.2, 0.25) is 5.91 Å². The molecule has 0 radical (unpaired) electrons. The predicted molar refractivity (Wildman–Crippen MR) is 71.6 cm³/mol. The number of carbonyl (C=O) groups excluding carboxylic acids is 2. The highest BCUT2D eigenvalue weighted by Crippen LogP contribution is 2.24. The number of benzene rings is 1. The molecule has 0 saturated carbocycles. The normalized spacial score (nSPS) is 12.3. The molecule has 1 aromatic carbocycles. The highest BCUT2D eigenvalue weighted by Gasteiger charge is 2.14. The maximum atomic E-state index is 11.8. The largest absolute Gasteiger partial charge is 0.381 e. The molecule has 1 atom stereocenters. The van der Waals surface area contributed by atoms with Gasteiger partial charge >= 0.3 is 0 Å². The third-order valence-electron chi connectivity index (χ3n) is 2.45. The van der Waals surface area contributed by atoms with Gasteiger partial charge in [-0.3, -0.25) is 9.59 Å². The Kier molecular flexibility index (Phi) is 3.63. The Hall–Kier alpha value is -2.19. The summed E-state index contributed by atoms with van der Waals surface area (Å²) in [5.74, 6) is -1.29. The van der Waals surface area contributed by atoms with Crippen molar-refractivity contribution in [2.45, 2.75) is 6.10 Å². The van der Waals surface area contributed by atoms with Crippen LogP contribution in [0.2, 0.25) is 0 Å². The number of aromatic nitrogens is 1. The molecule has 8 heteroatoms. The minimum absolute atomic E-state index is 0.225. The molecular weight excluding hydrogens is 268 g/mol. The van der Waals surface area contributed by atoms with E-state index in [1.165, 1.54) is 11.3 Å². The van der Waals surface area contributed by atoms with Crippen molar-refractivity contribution in [2.24, 2.45) is 5.73 Å². The number of nitrogens with two attached hydrogens (primary N) is 2. The summed E-state index contributed by atoms with van der Waals surface area (Å²) in [6.45, 7) is -0.225. The van der Waals surface area contributed by atoms with E-state index in [4.69, 9.17) is 11.5 Å². The molecule has 2 rings (SSSR count). The first-order valence-corrected chi connectivity index (χ1v) is 6.20. The number of rotatable bonds is 4. The van der Waals surface area contributed by atoms with Gasteiger partial charge in [-0.2, -0.15) is 0 Å². The number of fused-ring (bicyclic) bond motifs is 1. The smallest absolute Gasteiger partial charge is 0.251 e. The van der Waals surface area contributed by atoms with Crippen LogP contribution in [0.1, 0.15) is 10.4 Å². The van der Waals surface area contributed by atoms with E-state index < -0.39 is 17.9 Å². The number of amides is 2. The Morgan fingerprint density at radius 1 is 1.47 bits per heavy atom. The molecule has 1 heterocycles. The van der Waals surface area contributed by atoms with E-state index >= 15 is 0 Å². The Labute approximate surface area is 112 Å². The van der Waals surface area contributed by atoms with Crippen LogP contribution in [0.3, 0.4) is 0 Å². The Morgan fingerprint density at radius 2 is 2.21 bits per heavy atom. The number of thiazole rings is 1. The van der Waals surface area contributed by atoms with Gasteiger partial charge in [0.15, 0.2) is 5.13 Å². The van der Waals surface area contributed by atoms with Crippen LogP contribution < -0.4 is 16.8 Å². The number of aliphatic hydroxyl groups excluding tert-OH is 1. The maximum Gasteiger partial charge on any atom is 0.251 e. The first-order valence-electron chi connectivity index (χ1n) is 5.39. The molecule has 1 unspecified atom stereocenters. The zero-order valence-electron chi connectivity index (χ0n) is 9.79. The van der Waals surface area contributed by atoms with Crippen molar-refractivity contribution in [1.82, 2.24) is 10.3 Å². The predicted octanol–water partition coefficient (Wildman–Crippen LogP) is -0.545. The third kappa shape index (κ3) is 2.98. The van der Waals surface area contributed by atoms with Gasteiger partial charge in [-0.25, -0.2) is 4.98 Å². The van der Waals surface area contributed by atoms with Crippen molar-refractivity contribution in [3.05, 3.63) is 23.8 Å². The quantitative estimate of drug-likeness (QED) is 0.597. The molecule has 1 aromatic heterocycles. The van der Waals surface area contributed by atoms with E-state index in [0.717, 1.165) is 10.2 Å². The van der Waals surface area contributed by atoms with Crippen molar-refractivity contribution in [2.75, 3.05) is 12.3 Å². The highest BCUT2D eigenvalue weighted by molar-refractivity contribution is 7.22. The van der Waals surface area contributed by atoms with Gasteiger partial charge < -0.3 is 21.9 Å². The number of nitrogen functional groups attached to an aromatic ring is 1. The van der Waals surface area contributed by atoms with Crippen LogP contribution in [0.4, 0.5) is 5.13 Å². The monoisotopic (exact) mass is 280 g/mol. The first kappa shape index (κ1) is 13.2. The minimum atomic E-state index is -1.40. The number of nitrogens with one attached hydrogen (secondary N) is 1. The molecule has 7 nitrogen and oxygen atoms in total. The zero-order chi connectivity index (χ0) is 14.0. The van der Waals surface area contributed by atoms with Crippen LogP contribution in [0.5, 0.6) is 0 Å². The minimum Gasteiger partial charge on any atom is -0.381 e. The number of nitrogens with zero attached hydrogens (tertiary/aromatic N) is 1. The molecule has 2 aromatic rings. The average Bonchev–Trinajstić information content (AvgIpc) is 2.74. The molecule has 0 saturated heterocycles. The van der Waals surface area contributed by atoms with Gasteiger partial charge in [0.05, 0.1) is 16.8 Å². The lowest BCUT2D eigenvalue weighted by Gasteiger charge is -2.08. The van der Waals surface area contributed by atoms with Crippen molar-refractivity contribution in [1.29, 1.82) is 0 Å². The number of hydrogen-bond donors (Lipinski definition) is 4. The highest BCUT2D eigenvalue weighted by atomic mass is 32.1. The molecule has 0 fully saturated rings. The average molecular weight is 280 g/mol. The summed E-state index contributed by atoms with van der Waals surface area (Å²) >= 11 is 1.28.